The molecule has 3 nitrogen and oxygen atoms in total. The average molecular weight is 140 g/mol. The van der Waals surface area contributed by atoms with E-state index in [-0.39, 0.29) is 11.9 Å². The van der Waals surface area contributed by atoms with Gasteiger partial charge >= 0.3 is 0 Å². The van der Waals surface area contributed by atoms with Crippen molar-refractivity contribution in [3.63, 3.8) is 0 Å². The molecule has 1 saturated heterocycles. The molecule has 1 aliphatic heterocycles. The van der Waals surface area contributed by atoms with Gasteiger partial charge in [0.25, 0.3) is 0 Å². The first kappa shape index (κ1) is 6.16. The van der Waals surface area contributed by atoms with E-state index in [9.17, 15) is 4.79 Å². The van der Waals surface area contributed by atoms with Crippen LogP contribution in [0.3, 0.4) is 0 Å². The van der Waals surface area contributed by atoms with E-state index >= 15 is 0 Å². The molecule has 3 atom stereocenters. The van der Waals surface area contributed by atoms with Gasteiger partial charge in [0.1, 0.15) is 0 Å². The normalized spacial score (nSPS) is 45.3. The van der Waals surface area contributed by atoms with Crippen LogP contribution in [0.4, 0.5) is 0 Å². The summed E-state index contributed by atoms with van der Waals surface area (Å²) < 4.78 is 0. The summed E-state index contributed by atoms with van der Waals surface area (Å²) in [4.78, 5) is 11.0. The first-order valence-electron chi connectivity index (χ1n) is 3.85. The van der Waals surface area contributed by atoms with E-state index in [1.165, 1.54) is 6.42 Å². The minimum atomic E-state index is -0.215. The molecule has 3 heteroatoms. The van der Waals surface area contributed by atoms with Crippen LogP contribution in [0.15, 0.2) is 0 Å². The highest BCUT2D eigenvalue weighted by Gasteiger charge is 2.42. The zero-order valence-corrected chi connectivity index (χ0v) is 5.84. The lowest BCUT2D eigenvalue weighted by Gasteiger charge is -2.08. The highest BCUT2D eigenvalue weighted by Crippen LogP contribution is 2.31. The topological polar surface area (TPSA) is 55.1 Å². The Labute approximate surface area is 60.0 Å². The third-order valence-corrected chi connectivity index (χ3v) is 2.66. The number of nitrogens with two attached hydrogens (primary N) is 1. The van der Waals surface area contributed by atoms with Crippen LogP contribution >= 0.6 is 0 Å². The maximum Gasteiger partial charge on any atom is 0.237 e. The minimum Gasteiger partial charge on any atom is -0.352 e. The van der Waals surface area contributed by atoms with Crippen LogP contribution in [-0.2, 0) is 4.79 Å². The maximum atomic E-state index is 11.0. The SMILES string of the molecule is N[C@H]1C(=O)N[C@H]2CCC[C@H]21. The van der Waals surface area contributed by atoms with E-state index in [1.54, 1.807) is 0 Å². The van der Waals surface area contributed by atoms with Crippen molar-refractivity contribution in [2.75, 3.05) is 0 Å². The number of amides is 1. The van der Waals surface area contributed by atoms with Crippen LogP contribution in [0.1, 0.15) is 19.3 Å². The summed E-state index contributed by atoms with van der Waals surface area (Å²) in [6.45, 7) is 0. The molecule has 0 spiro atoms. The van der Waals surface area contributed by atoms with Gasteiger partial charge in [0.15, 0.2) is 0 Å². The maximum absolute atomic E-state index is 11.0. The zero-order valence-electron chi connectivity index (χ0n) is 5.84. The Morgan fingerprint density at radius 3 is 3.00 bits per heavy atom. The van der Waals surface area contributed by atoms with E-state index in [2.05, 4.69) is 5.32 Å². The lowest BCUT2D eigenvalue weighted by Crippen LogP contribution is -2.33. The second-order valence-corrected chi connectivity index (χ2v) is 3.24. The number of fused-ring (bicyclic) bond motifs is 1. The van der Waals surface area contributed by atoms with Gasteiger partial charge in [0.05, 0.1) is 6.04 Å². The predicted octanol–water partition coefficient (Wildman–Crippen LogP) is -0.388. The molecule has 2 aliphatic rings. The quantitative estimate of drug-likeness (QED) is 0.481. The van der Waals surface area contributed by atoms with Crippen molar-refractivity contribution in [1.29, 1.82) is 0 Å². The summed E-state index contributed by atoms with van der Waals surface area (Å²) in [6.07, 6.45) is 3.48. The van der Waals surface area contributed by atoms with Gasteiger partial charge in [-0.25, -0.2) is 0 Å². The van der Waals surface area contributed by atoms with Crippen molar-refractivity contribution in [3.8, 4) is 0 Å². The van der Waals surface area contributed by atoms with Crippen LogP contribution in [0.5, 0.6) is 0 Å². The van der Waals surface area contributed by atoms with Crippen molar-refractivity contribution in [2.45, 2.75) is 31.3 Å². The third kappa shape index (κ3) is 0.669. The molecule has 0 radical (unpaired) electrons. The first-order chi connectivity index (χ1) is 4.79. The smallest absolute Gasteiger partial charge is 0.237 e. The van der Waals surface area contributed by atoms with Gasteiger partial charge in [0.2, 0.25) is 5.91 Å². The van der Waals surface area contributed by atoms with Gasteiger partial charge < -0.3 is 11.1 Å². The van der Waals surface area contributed by atoms with Gasteiger partial charge in [-0.2, -0.15) is 0 Å². The van der Waals surface area contributed by atoms with E-state index < -0.39 is 0 Å². The second-order valence-electron chi connectivity index (χ2n) is 3.24. The molecule has 3 N–H and O–H groups in total. The summed E-state index contributed by atoms with van der Waals surface area (Å²) in [7, 11) is 0. The number of hydrogen-bond acceptors (Lipinski definition) is 2. The van der Waals surface area contributed by atoms with E-state index in [0.29, 0.717) is 12.0 Å². The van der Waals surface area contributed by atoms with E-state index in [1.807, 2.05) is 0 Å². The first-order valence-corrected chi connectivity index (χ1v) is 3.85. The van der Waals surface area contributed by atoms with Crippen LogP contribution in [0.2, 0.25) is 0 Å². The zero-order chi connectivity index (χ0) is 7.14. The Morgan fingerprint density at radius 2 is 2.30 bits per heavy atom. The van der Waals surface area contributed by atoms with Crippen LogP contribution < -0.4 is 11.1 Å². The van der Waals surface area contributed by atoms with Crippen LogP contribution in [0.25, 0.3) is 0 Å². The number of rotatable bonds is 0. The molecule has 2 rings (SSSR count). The molecule has 2 fully saturated rings. The Kier molecular flexibility index (Phi) is 1.20. The standard InChI is InChI=1S/C7H12N2O/c8-6-4-2-1-3-5(4)9-7(6)10/h4-6H,1-3,8H2,(H,9,10)/t4-,5+,6-/m1/s1. The predicted molar refractivity (Wildman–Crippen MR) is 37.2 cm³/mol. The monoisotopic (exact) mass is 140 g/mol. The van der Waals surface area contributed by atoms with Crippen molar-refractivity contribution in [1.82, 2.24) is 5.32 Å². The molecule has 1 amide bonds. The molecule has 1 heterocycles. The highest BCUT2D eigenvalue weighted by atomic mass is 16.2. The van der Waals surface area contributed by atoms with E-state index in [4.69, 9.17) is 5.73 Å². The molecular formula is C7H12N2O. The molecule has 0 unspecified atom stereocenters. The molecule has 56 valence electrons. The summed E-state index contributed by atoms with van der Waals surface area (Å²) in [5, 5.41) is 2.90. The molecular weight excluding hydrogens is 128 g/mol. The summed E-state index contributed by atoms with van der Waals surface area (Å²) in [5.41, 5.74) is 5.65. The van der Waals surface area contributed by atoms with Crippen LogP contribution in [0, 0.1) is 5.92 Å². The largest absolute Gasteiger partial charge is 0.352 e. The Hall–Kier alpha value is -0.570. The molecule has 1 aliphatic carbocycles. The lowest BCUT2D eigenvalue weighted by molar-refractivity contribution is -0.120. The van der Waals surface area contributed by atoms with Gasteiger partial charge in [-0.05, 0) is 12.8 Å². The van der Waals surface area contributed by atoms with Crippen molar-refractivity contribution >= 4 is 5.91 Å². The fourth-order valence-electron chi connectivity index (χ4n) is 2.07. The van der Waals surface area contributed by atoms with Crippen molar-refractivity contribution in [3.05, 3.63) is 0 Å². The highest BCUT2D eigenvalue weighted by molar-refractivity contribution is 5.84. The van der Waals surface area contributed by atoms with Gasteiger partial charge in [-0.1, -0.05) is 6.42 Å². The second kappa shape index (κ2) is 1.95. The Balaban J connectivity index is 2.16. The molecule has 0 bridgehead atoms. The number of hydrogen-bond donors (Lipinski definition) is 2. The average Bonchev–Trinajstić information content (AvgIpc) is 2.41. The molecule has 0 aromatic heterocycles. The number of carbonyl (C=O) groups excluding carboxylic acids is 1. The summed E-state index contributed by atoms with van der Waals surface area (Å²) in [5.74, 6) is 0.488. The minimum absolute atomic E-state index is 0.0506. The number of carbonyl (C=O) groups is 1. The molecule has 0 aromatic rings. The molecule has 0 aromatic carbocycles. The van der Waals surface area contributed by atoms with Gasteiger partial charge in [0, 0.05) is 12.0 Å². The van der Waals surface area contributed by atoms with E-state index in [0.717, 1.165) is 12.8 Å². The fraction of sp³-hybridized carbons (Fsp3) is 0.857. The Bertz CT molecular complexity index is 169. The Morgan fingerprint density at radius 1 is 1.50 bits per heavy atom. The van der Waals surface area contributed by atoms with Crippen molar-refractivity contribution < 1.29 is 4.79 Å². The molecule has 1 saturated carbocycles. The number of nitrogens with one attached hydrogen (secondary N) is 1. The fourth-order valence-corrected chi connectivity index (χ4v) is 2.07. The third-order valence-electron chi connectivity index (χ3n) is 2.66. The summed E-state index contributed by atoms with van der Waals surface area (Å²) in [6, 6.07) is 0.190. The summed E-state index contributed by atoms with van der Waals surface area (Å²) >= 11 is 0. The lowest BCUT2D eigenvalue weighted by atomic mass is 10.0. The van der Waals surface area contributed by atoms with Gasteiger partial charge in [-0.3, -0.25) is 4.79 Å². The van der Waals surface area contributed by atoms with Gasteiger partial charge in [-0.15, -0.1) is 0 Å². The van der Waals surface area contributed by atoms with Crippen molar-refractivity contribution in [2.24, 2.45) is 11.7 Å². The van der Waals surface area contributed by atoms with Crippen LogP contribution in [-0.4, -0.2) is 18.0 Å². The molecule has 10 heavy (non-hydrogen) atoms.